The van der Waals surface area contributed by atoms with E-state index in [-0.39, 0.29) is 28.8 Å². The monoisotopic (exact) mass is 450 g/mol. The molecule has 0 spiro atoms. The first-order valence-corrected chi connectivity index (χ1v) is 12.3. The van der Waals surface area contributed by atoms with Crippen molar-refractivity contribution >= 4 is 11.8 Å². The van der Waals surface area contributed by atoms with Crippen LogP contribution in [-0.2, 0) is 14.3 Å². The molecule has 184 valence electrons. The van der Waals surface area contributed by atoms with Crippen LogP contribution >= 0.6 is 0 Å². The summed E-state index contributed by atoms with van der Waals surface area (Å²) >= 11 is 0. The van der Waals surface area contributed by atoms with Crippen LogP contribution in [0.2, 0.25) is 0 Å². The zero-order chi connectivity index (χ0) is 24.8. The fourth-order valence-electron chi connectivity index (χ4n) is 4.30. The third kappa shape index (κ3) is 6.94. The molecule has 1 unspecified atom stereocenters. The van der Waals surface area contributed by atoms with E-state index in [4.69, 9.17) is 4.74 Å². The van der Waals surface area contributed by atoms with Gasteiger partial charge in [-0.3, -0.25) is 9.59 Å². The molecule has 0 fully saturated rings. The summed E-state index contributed by atoms with van der Waals surface area (Å²) in [5.74, 6) is -0.0912. The van der Waals surface area contributed by atoms with Crippen LogP contribution in [0.15, 0.2) is 22.7 Å². The Morgan fingerprint density at radius 2 is 1.38 bits per heavy atom. The average Bonchev–Trinajstić information content (AvgIpc) is 2.66. The quantitative estimate of drug-likeness (QED) is 0.331. The number of carbonyl (C=O) groups is 2. The first-order chi connectivity index (χ1) is 14.7. The van der Waals surface area contributed by atoms with Crippen molar-refractivity contribution in [2.75, 3.05) is 0 Å². The van der Waals surface area contributed by atoms with Crippen LogP contribution in [0, 0.1) is 29.1 Å². The van der Waals surface area contributed by atoms with E-state index in [1.807, 2.05) is 0 Å². The topological polar surface area (TPSA) is 83.8 Å². The smallest absolute Gasteiger partial charge is 0.308 e. The number of ether oxygens (including phenoxy) is 1. The SMILES string of the molecule is CC(=O)OC1=C(CCC(C)C)C(O)C(CCC(C)C)(CCC(C)C)C(O)=C1C(=O)C(C)C. The Morgan fingerprint density at radius 1 is 0.906 bits per heavy atom. The second-order valence-corrected chi connectivity index (χ2v) is 11.0. The van der Waals surface area contributed by atoms with Crippen molar-refractivity contribution in [3.63, 3.8) is 0 Å². The van der Waals surface area contributed by atoms with Gasteiger partial charge in [-0.2, -0.15) is 0 Å². The zero-order valence-corrected chi connectivity index (χ0v) is 21.7. The lowest BCUT2D eigenvalue weighted by molar-refractivity contribution is -0.137. The highest BCUT2D eigenvalue weighted by atomic mass is 16.5. The van der Waals surface area contributed by atoms with E-state index in [1.165, 1.54) is 6.92 Å². The molecule has 5 nitrogen and oxygen atoms in total. The standard InChI is InChI=1S/C27H46O5/c1-16(2)10-11-21-24(32-20(9)28)22(23(29)19(7)8)26(31)27(25(21)30,14-12-17(3)4)15-13-18(5)6/h16-19,25,30-31H,10-15H2,1-9H3. The lowest BCUT2D eigenvalue weighted by Crippen LogP contribution is -2.45. The molecule has 0 aromatic heterocycles. The molecule has 2 N–H and O–H groups in total. The second-order valence-electron chi connectivity index (χ2n) is 11.0. The van der Waals surface area contributed by atoms with Gasteiger partial charge in [-0.25, -0.2) is 0 Å². The van der Waals surface area contributed by atoms with Crippen LogP contribution in [0.25, 0.3) is 0 Å². The molecule has 1 atom stereocenters. The minimum absolute atomic E-state index is 0.0755. The molecule has 1 aliphatic rings. The molecule has 0 amide bonds. The minimum atomic E-state index is -1.00. The van der Waals surface area contributed by atoms with Crippen molar-refractivity contribution in [1.82, 2.24) is 0 Å². The van der Waals surface area contributed by atoms with Crippen molar-refractivity contribution in [2.24, 2.45) is 29.1 Å². The van der Waals surface area contributed by atoms with Gasteiger partial charge in [-0.1, -0.05) is 55.4 Å². The van der Waals surface area contributed by atoms with E-state index >= 15 is 0 Å². The second kappa shape index (κ2) is 12.0. The van der Waals surface area contributed by atoms with Crippen molar-refractivity contribution in [3.8, 4) is 0 Å². The summed E-state index contributed by atoms with van der Waals surface area (Å²) in [6, 6.07) is 0. The lowest BCUT2D eigenvalue weighted by Gasteiger charge is -2.44. The van der Waals surface area contributed by atoms with Crippen LogP contribution in [-0.4, -0.2) is 28.1 Å². The van der Waals surface area contributed by atoms with Gasteiger partial charge >= 0.3 is 5.97 Å². The summed E-state index contributed by atoms with van der Waals surface area (Å²) in [6.07, 6.45) is 3.04. The molecule has 0 radical (unpaired) electrons. The van der Waals surface area contributed by atoms with Crippen molar-refractivity contribution in [1.29, 1.82) is 0 Å². The van der Waals surface area contributed by atoms with Crippen molar-refractivity contribution in [2.45, 2.75) is 107 Å². The normalized spacial score (nSPS) is 19.0. The Kier molecular flexibility index (Phi) is 10.7. The van der Waals surface area contributed by atoms with Gasteiger partial charge in [0.25, 0.3) is 0 Å². The predicted molar refractivity (Wildman–Crippen MR) is 129 cm³/mol. The third-order valence-electron chi connectivity index (χ3n) is 6.42. The summed E-state index contributed by atoms with van der Waals surface area (Å²) in [6.45, 7) is 17.5. The van der Waals surface area contributed by atoms with Crippen molar-refractivity contribution in [3.05, 3.63) is 22.7 Å². The molecule has 0 aliphatic heterocycles. The number of hydrogen-bond donors (Lipinski definition) is 2. The summed E-state index contributed by atoms with van der Waals surface area (Å²) < 4.78 is 5.55. The van der Waals surface area contributed by atoms with Gasteiger partial charge in [0.1, 0.15) is 11.5 Å². The van der Waals surface area contributed by atoms with Gasteiger partial charge in [0.2, 0.25) is 0 Å². The number of aliphatic hydroxyl groups excluding tert-OH is 2. The molecular formula is C27H46O5. The fraction of sp³-hybridized carbons (Fsp3) is 0.778. The van der Waals surface area contributed by atoms with Crippen molar-refractivity contribution < 1.29 is 24.5 Å². The van der Waals surface area contributed by atoms with Gasteiger partial charge < -0.3 is 14.9 Å². The molecule has 0 saturated carbocycles. The van der Waals surface area contributed by atoms with E-state index in [1.54, 1.807) is 13.8 Å². The van der Waals surface area contributed by atoms with Gasteiger partial charge in [0.15, 0.2) is 5.78 Å². The number of rotatable bonds is 12. The molecular weight excluding hydrogens is 404 g/mol. The highest BCUT2D eigenvalue weighted by Gasteiger charge is 2.51. The van der Waals surface area contributed by atoms with Crippen LogP contribution in [0.5, 0.6) is 0 Å². The zero-order valence-electron chi connectivity index (χ0n) is 21.7. The number of aliphatic hydroxyl groups is 2. The van der Waals surface area contributed by atoms with E-state index in [2.05, 4.69) is 41.5 Å². The fourth-order valence-corrected chi connectivity index (χ4v) is 4.30. The van der Waals surface area contributed by atoms with Gasteiger partial charge in [0.05, 0.1) is 17.1 Å². The van der Waals surface area contributed by atoms with Crippen LogP contribution in [0.3, 0.4) is 0 Å². The molecule has 0 saturated heterocycles. The van der Waals surface area contributed by atoms with Gasteiger partial charge in [-0.15, -0.1) is 0 Å². The molecule has 0 heterocycles. The third-order valence-corrected chi connectivity index (χ3v) is 6.42. The lowest BCUT2D eigenvalue weighted by atomic mass is 9.63. The molecule has 0 bridgehead atoms. The Labute approximate surface area is 195 Å². The number of Topliss-reactive ketones (excluding diaryl/α,β-unsaturated/α-hetero) is 1. The Balaban J connectivity index is 3.84. The summed E-state index contributed by atoms with van der Waals surface area (Å²) in [7, 11) is 0. The molecule has 0 aromatic rings. The number of carbonyl (C=O) groups excluding carboxylic acids is 2. The number of hydrogen-bond acceptors (Lipinski definition) is 5. The largest absolute Gasteiger partial charge is 0.511 e. The van der Waals surface area contributed by atoms with Gasteiger partial charge in [0, 0.05) is 18.4 Å². The molecule has 1 aliphatic carbocycles. The first-order valence-electron chi connectivity index (χ1n) is 12.3. The number of allylic oxidation sites excluding steroid dienone is 1. The molecule has 5 heteroatoms. The molecule has 0 aromatic carbocycles. The number of esters is 1. The Morgan fingerprint density at radius 3 is 1.75 bits per heavy atom. The summed E-state index contributed by atoms with van der Waals surface area (Å²) in [5.41, 5.74) is -0.292. The average molecular weight is 451 g/mol. The maximum absolute atomic E-state index is 13.3. The van der Waals surface area contributed by atoms with Gasteiger partial charge in [-0.05, 0) is 56.3 Å². The molecule has 1 rings (SSSR count). The highest BCUT2D eigenvalue weighted by molar-refractivity contribution is 6.02. The summed E-state index contributed by atoms with van der Waals surface area (Å²) in [5, 5.41) is 23.4. The maximum Gasteiger partial charge on any atom is 0.308 e. The van der Waals surface area contributed by atoms with E-state index in [0.717, 1.165) is 19.3 Å². The first kappa shape index (κ1) is 28.4. The van der Waals surface area contributed by atoms with E-state index in [0.29, 0.717) is 42.6 Å². The predicted octanol–water partition coefficient (Wildman–Crippen LogP) is 6.51. The van der Waals surface area contributed by atoms with E-state index in [9.17, 15) is 19.8 Å². The van der Waals surface area contributed by atoms with E-state index < -0.39 is 17.5 Å². The van der Waals surface area contributed by atoms with Crippen LogP contribution < -0.4 is 0 Å². The molecule has 32 heavy (non-hydrogen) atoms. The Hall–Kier alpha value is -1.62. The maximum atomic E-state index is 13.3. The highest BCUT2D eigenvalue weighted by Crippen LogP contribution is 2.51. The van der Waals surface area contributed by atoms with Crippen LogP contribution in [0.1, 0.15) is 101 Å². The number of ketones is 1. The Bertz CT molecular complexity index is 712. The van der Waals surface area contributed by atoms with Crippen LogP contribution in [0.4, 0.5) is 0 Å². The summed E-state index contributed by atoms with van der Waals surface area (Å²) in [4.78, 5) is 25.3. The minimum Gasteiger partial charge on any atom is -0.511 e.